The second kappa shape index (κ2) is 14.8. The van der Waals surface area contributed by atoms with Gasteiger partial charge in [-0.25, -0.2) is 4.39 Å². The van der Waals surface area contributed by atoms with Crippen LogP contribution in [0, 0.1) is 25.7 Å². The van der Waals surface area contributed by atoms with Gasteiger partial charge in [0.05, 0.1) is 23.6 Å². The summed E-state index contributed by atoms with van der Waals surface area (Å²) in [4.78, 5) is 9.50. The van der Waals surface area contributed by atoms with Crippen molar-refractivity contribution >= 4 is 0 Å². The minimum Gasteiger partial charge on any atom is -0.393 e. The first-order valence-electron chi connectivity index (χ1n) is 12.4. The van der Waals surface area contributed by atoms with Gasteiger partial charge < -0.3 is 15.2 Å². The first-order valence-corrected chi connectivity index (χ1v) is 12.4. The average Bonchev–Trinajstić information content (AvgIpc) is 2.89. The van der Waals surface area contributed by atoms with Crippen molar-refractivity contribution in [2.24, 2.45) is 0 Å². The number of aliphatic hydroxyl groups is 2. The molecule has 2 atom stereocenters. The maximum absolute atomic E-state index is 13.6. The third-order valence-corrected chi connectivity index (χ3v) is 5.93. The summed E-state index contributed by atoms with van der Waals surface area (Å²) >= 11 is 0. The Morgan fingerprint density at radius 3 is 2.05 bits per heavy atom. The molecule has 1 heterocycles. The van der Waals surface area contributed by atoms with E-state index < -0.39 is 0 Å². The molecule has 1 aromatic heterocycles. The second-order valence-corrected chi connectivity index (χ2v) is 8.97. The normalized spacial score (nSPS) is 12.1. The molecule has 4 rings (SSSR count). The molecule has 0 amide bonds. The molecule has 0 aliphatic heterocycles. The smallest absolute Gasteiger partial charge is 0.123 e. The summed E-state index contributed by atoms with van der Waals surface area (Å²) in [6.07, 6.45) is 3.04. The summed E-state index contributed by atoms with van der Waals surface area (Å²) in [7, 11) is 0. The van der Waals surface area contributed by atoms with Crippen LogP contribution in [-0.4, -0.2) is 32.4 Å². The van der Waals surface area contributed by atoms with E-state index in [1.807, 2.05) is 64.1 Å². The van der Waals surface area contributed by atoms with Crippen LogP contribution in [0.2, 0.25) is 0 Å². The standard InChI is InChI=1S/C24H18FN2.C7H16O2.Ir/c1-16-6-10-18(11-7-16)23-24(19-12-8-17(2)9-13-19)27-22(15-26-23)20-4-3-5-21(25)14-20;1-3-6(8)5-7(9)4-2;/h3-10,12-15H,1-2H3;6-9H,3-5H2,1-2H3;/q-1;;. The molecule has 1 radical (unpaired) electrons. The molecule has 3 aromatic carbocycles. The van der Waals surface area contributed by atoms with Crippen LogP contribution in [-0.2, 0) is 20.1 Å². The molecule has 0 saturated carbocycles. The first-order chi connectivity index (χ1) is 17.3. The quantitative estimate of drug-likeness (QED) is 0.208. The van der Waals surface area contributed by atoms with Crippen molar-refractivity contribution in [3.8, 4) is 33.8 Å². The molecule has 0 bridgehead atoms. The van der Waals surface area contributed by atoms with Crippen LogP contribution >= 0.6 is 0 Å². The largest absolute Gasteiger partial charge is 0.393 e. The van der Waals surface area contributed by atoms with E-state index in [0.29, 0.717) is 17.7 Å². The molecular formula is C31H34FIrN2O2-. The van der Waals surface area contributed by atoms with Crippen molar-refractivity contribution in [1.29, 1.82) is 0 Å². The number of hydrogen-bond donors (Lipinski definition) is 2. The van der Waals surface area contributed by atoms with Gasteiger partial charge in [0.25, 0.3) is 0 Å². The van der Waals surface area contributed by atoms with Crippen LogP contribution in [0.15, 0.2) is 72.9 Å². The Kier molecular flexibility index (Phi) is 12.2. The van der Waals surface area contributed by atoms with Crippen molar-refractivity contribution in [2.45, 2.75) is 59.2 Å². The maximum Gasteiger partial charge on any atom is 0.123 e. The summed E-state index contributed by atoms with van der Waals surface area (Å²) < 4.78 is 13.6. The van der Waals surface area contributed by atoms with Crippen molar-refractivity contribution in [3.05, 3.63) is 95.9 Å². The minimum absolute atomic E-state index is 0. The number of hydrogen-bond acceptors (Lipinski definition) is 4. The van der Waals surface area contributed by atoms with Crippen LogP contribution in [0.1, 0.15) is 44.2 Å². The third-order valence-electron chi connectivity index (χ3n) is 5.93. The molecule has 0 aliphatic rings. The van der Waals surface area contributed by atoms with Crippen LogP contribution in [0.25, 0.3) is 33.8 Å². The van der Waals surface area contributed by atoms with E-state index >= 15 is 0 Å². The van der Waals surface area contributed by atoms with Crippen LogP contribution in [0.3, 0.4) is 0 Å². The zero-order chi connectivity index (χ0) is 26.1. The Hall–Kier alpha value is -2.76. The van der Waals surface area contributed by atoms with Crippen LogP contribution in [0.4, 0.5) is 4.39 Å². The summed E-state index contributed by atoms with van der Waals surface area (Å²) in [5.74, 6) is -0.290. The Bertz CT molecular complexity index is 1240. The van der Waals surface area contributed by atoms with Gasteiger partial charge in [0.15, 0.2) is 0 Å². The monoisotopic (exact) mass is 678 g/mol. The maximum atomic E-state index is 13.6. The van der Waals surface area contributed by atoms with Gasteiger partial charge in [-0.15, -0.1) is 35.4 Å². The van der Waals surface area contributed by atoms with E-state index in [1.165, 1.54) is 17.7 Å². The van der Waals surface area contributed by atoms with Crippen LogP contribution in [0.5, 0.6) is 0 Å². The van der Waals surface area contributed by atoms with E-state index in [1.54, 1.807) is 12.3 Å². The second-order valence-electron chi connectivity index (χ2n) is 8.97. The fourth-order valence-corrected chi connectivity index (χ4v) is 3.58. The van der Waals surface area contributed by atoms with Gasteiger partial charge in [0, 0.05) is 37.6 Å². The number of halogens is 1. The van der Waals surface area contributed by atoms with E-state index in [2.05, 4.69) is 23.2 Å². The third kappa shape index (κ3) is 8.94. The van der Waals surface area contributed by atoms with E-state index in [0.717, 1.165) is 40.9 Å². The fraction of sp³-hybridized carbons (Fsp3) is 0.290. The zero-order valence-electron chi connectivity index (χ0n) is 21.7. The number of aromatic nitrogens is 2. The molecule has 2 N–H and O–H groups in total. The zero-order valence-corrected chi connectivity index (χ0v) is 24.1. The average molecular weight is 678 g/mol. The SMILES string of the molecule is CCC(O)CC(O)CC.Cc1c[c-]c(-c2ncc(-c3cccc(F)c3)nc2-c2ccc(C)cc2)cc1.[Ir]. The van der Waals surface area contributed by atoms with Gasteiger partial charge in [-0.2, -0.15) is 0 Å². The van der Waals surface area contributed by atoms with Gasteiger partial charge >= 0.3 is 0 Å². The van der Waals surface area contributed by atoms with Gasteiger partial charge in [0.1, 0.15) is 5.82 Å². The molecule has 0 aliphatic carbocycles. The van der Waals surface area contributed by atoms with Crippen molar-refractivity contribution in [1.82, 2.24) is 9.97 Å². The molecule has 197 valence electrons. The Morgan fingerprint density at radius 1 is 0.838 bits per heavy atom. The fourth-order valence-electron chi connectivity index (χ4n) is 3.58. The minimum atomic E-state index is -0.319. The Morgan fingerprint density at radius 2 is 1.49 bits per heavy atom. The first kappa shape index (κ1) is 30.5. The van der Waals surface area contributed by atoms with E-state index in [9.17, 15) is 4.39 Å². The topological polar surface area (TPSA) is 66.2 Å². The molecule has 0 fully saturated rings. The molecule has 4 nitrogen and oxygen atoms in total. The number of aliphatic hydroxyl groups excluding tert-OH is 2. The van der Waals surface area contributed by atoms with Crippen molar-refractivity contribution < 1.29 is 34.7 Å². The molecule has 0 spiro atoms. The Balaban J connectivity index is 0.000000416. The van der Waals surface area contributed by atoms with Gasteiger partial charge in [-0.3, -0.25) is 4.98 Å². The van der Waals surface area contributed by atoms with Crippen molar-refractivity contribution in [2.75, 3.05) is 0 Å². The number of aryl methyl sites for hydroxylation is 2. The molecule has 2 unspecified atom stereocenters. The van der Waals surface area contributed by atoms with Gasteiger partial charge in [-0.05, 0) is 43.9 Å². The number of rotatable bonds is 7. The summed E-state index contributed by atoms with van der Waals surface area (Å²) in [5.41, 5.74) is 7.04. The summed E-state index contributed by atoms with van der Waals surface area (Å²) in [6, 6.07) is 23.8. The van der Waals surface area contributed by atoms with Crippen molar-refractivity contribution in [3.63, 3.8) is 0 Å². The van der Waals surface area contributed by atoms with Gasteiger partial charge in [-0.1, -0.05) is 62.7 Å². The van der Waals surface area contributed by atoms with Crippen LogP contribution < -0.4 is 0 Å². The molecule has 0 saturated heterocycles. The van der Waals surface area contributed by atoms with Gasteiger partial charge in [0.2, 0.25) is 0 Å². The molecular weight excluding hydrogens is 644 g/mol. The predicted octanol–water partition coefficient (Wildman–Crippen LogP) is 6.95. The Labute approximate surface area is 233 Å². The molecule has 37 heavy (non-hydrogen) atoms. The van der Waals surface area contributed by atoms with E-state index in [4.69, 9.17) is 15.2 Å². The number of benzene rings is 3. The van der Waals surface area contributed by atoms with E-state index in [-0.39, 0.29) is 38.1 Å². The summed E-state index contributed by atoms with van der Waals surface area (Å²) in [5, 5.41) is 18.0. The molecule has 6 heteroatoms. The predicted molar refractivity (Wildman–Crippen MR) is 144 cm³/mol. The summed E-state index contributed by atoms with van der Waals surface area (Å²) in [6.45, 7) is 7.90. The number of nitrogens with zero attached hydrogens (tertiary/aromatic N) is 2. The molecule has 4 aromatic rings.